The molecule has 0 radical (unpaired) electrons. The van der Waals surface area contributed by atoms with Crippen LogP contribution in [-0.4, -0.2) is 6.54 Å². The lowest BCUT2D eigenvalue weighted by atomic mass is 9.86. The van der Waals surface area contributed by atoms with Crippen molar-refractivity contribution in [2.75, 3.05) is 6.54 Å². The number of nitrogens with one attached hydrogen (secondary N) is 1. The smallest absolute Gasteiger partial charge is 0.134 e. The van der Waals surface area contributed by atoms with Gasteiger partial charge in [-0.1, -0.05) is 47.1 Å². The molecule has 1 atom stereocenters. The average Bonchev–Trinajstić information content (AvgIpc) is 2.85. The Morgan fingerprint density at radius 3 is 2.48 bits per heavy atom. The standard InChI is InChI=1S/C19H29NO/c1-6-8-16(20-11-7-2)18-13-14-12-15(19(3,4)5)9-10-17(14)21-18/h9-10,12-13,16,20H,6-8,11H2,1-5H3. The van der Waals surface area contributed by atoms with Crippen molar-refractivity contribution in [1.82, 2.24) is 5.32 Å². The first-order valence-corrected chi connectivity index (χ1v) is 8.23. The number of rotatable bonds is 6. The molecular weight excluding hydrogens is 258 g/mol. The van der Waals surface area contributed by atoms with Crippen LogP contribution in [0.5, 0.6) is 0 Å². The van der Waals surface area contributed by atoms with Crippen LogP contribution in [0.15, 0.2) is 28.7 Å². The Morgan fingerprint density at radius 2 is 1.86 bits per heavy atom. The number of fused-ring (bicyclic) bond motifs is 1. The molecule has 1 unspecified atom stereocenters. The van der Waals surface area contributed by atoms with Crippen LogP contribution in [0, 0.1) is 0 Å². The normalized spacial score (nSPS) is 13.8. The molecule has 2 aromatic rings. The van der Waals surface area contributed by atoms with Crippen LogP contribution in [0.2, 0.25) is 0 Å². The topological polar surface area (TPSA) is 25.2 Å². The monoisotopic (exact) mass is 287 g/mol. The summed E-state index contributed by atoms with van der Waals surface area (Å²) in [7, 11) is 0. The molecule has 2 nitrogen and oxygen atoms in total. The number of furan rings is 1. The van der Waals surface area contributed by atoms with Gasteiger partial charge in [0, 0.05) is 5.39 Å². The van der Waals surface area contributed by atoms with Crippen LogP contribution >= 0.6 is 0 Å². The zero-order chi connectivity index (χ0) is 15.5. The molecule has 1 heterocycles. The highest BCUT2D eigenvalue weighted by atomic mass is 16.3. The molecule has 116 valence electrons. The molecule has 0 bridgehead atoms. The SMILES string of the molecule is CCCNC(CCC)c1cc2cc(C(C)(C)C)ccc2o1. The highest BCUT2D eigenvalue weighted by Crippen LogP contribution is 2.30. The molecular formula is C19H29NO. The summed E-state index contributed by atoms with van der Waals surface area (Å²) < 4.78 is 6.08. The molecule has 0 spiro atoms. The first kappa shape index (κ1) is 16.1. The minimum absolute atomic E-state index is 0.175. The first-order valence-electron chi connectivity index (χ1n) is 8.23. The lowest BCUT2D eigenvalue weighted by Crippen LogP contribution is -2.21. The predicted molar refractivity (Wildman–Crippen MR) is 90.9 cm³/mol. The Labute approximate surface area is 128 Å². The summed E-state index contributed by atoms with van der Waals surface area (Å²) in [5, 5.41) is 4.82. The van der Waals surface area contributed by atoms with Crippen LogP contribution < -0.4 is 5.32 Å². The summed E-state index contributed by atoms with van der Waals surface area (Å²) in [6.07, 6.45) is 3.42. The van der Waals surface area contributed by atoms with E-state index in [0.717, 1.165) is 37.2 Å². The van der Waals surface area contributed by atoms with Crippen molar-refractivity contribution in [1.29, 1.82) is 0 Å². The Morgan fingerprint density at radius 1 is 1.10 bits per heavy atom. The van der Waals surface area contributed by atoms with Gasteiger partial charge in [0.1, 0.15) is 11.3 Å². The van der Waals surface area contributed by atoms with Gasteiger partial charge < -0.3 is 9.73 Å². The zero-order valence-electron chi connectivity index (χ0n) is 14.1. The van der Waals surface area contributed by atoms with Gasteiger partial charge in [-0.05, 0) is 48.6 Å². The molecule has 1 aromatic carbocycles. The molecule has 1 N–H and O–H groups in total. The third-order valence-electron chi connectivity index (χ3n) is 3.96. The second-order valence-electron chi connectivity index (χ2n) is 6.95. The Balaban J connectivity index is 2.32. The van der Waals surface area contributed by atoms with E-state index in [1.54, 1.807) is 0 Å². The van der Waals surface area contributed by atoms with Gasteiger partial charge in [-0.15, -0.1) is 0 Å². The van der Waals surface area contributed by atoms with Gasteiger partial charge in [-0.3, -0.25) is 0 Å². The fourth-order valence-electron chi connectivity index (χ4n) is 2.65. The van der Waals surface area contributed by atoms with Crippen molar-refractivity contribution in [2.24, 2.45) is 0 Å². The Bertz CT molecular complexity index is 577. The van der Waals surface area contributed by atoms with Crippen molar-refractivity contribution in [3.8, 4) is 0 Å². The van der Waals surface area contributed by atoms with Gasteiger partial charge >= 0.3 is 0 Å². The third-order valence-corrected chi connectivity index (χ3v) is 3.96. The van der Waals surface area contributed by atoms with Gasteiger partial charge in [0.2, 0.25) is 0 Å². The summed E-state index contributed by atoms with van der Waals surface area (Å²) in [6.45, 7) is 12.2. The van der Waals surface area contributed by atoms with E-state index in [2.05, 4.69) is 64.2 Å². The van der Waals surface area contributed by atoms with E-state index >= 15 is 0 Å². The lowest BCUT2D eigenvalue weighted by molar-refractivity contribution is 0.408. The summed E-state index contributed by atoms with van der Waals surface area (Å²) in [5.41, 5.74) is 2.53. The van der Waals surface area contributed by atoms with E-state index in [4.69, 9.17) is 4.42 Å². The van der Waals surface area contributed by atoms with Crippen LogP contribution in [0.3, 0.4) is 0 Å². The van der Waals surface area contributed by atoms with Crippen LogP contribution in [0.25, 0.3) is 11.0 Å². The molecule has 1 aromatic heterocycles. The Kier molecular flexibility index (Phi) is 5.10. The van der Waals surface area contributed by atoms with E-state index < -0.39 is 0 Å². The van der Waals surface area contributed by atoms with Gasteiger partial charge in [-0.2, -0.15) is 0 Å². The zero-order valence-corrected chi connectivity index (χ0v) is 14.1. The number of hydrogen-bond acceptors (Lipinski definition) is 2. The largest absolute Gasteiger partial charge is 0.459 e. The third kappa shape index (κ3) is 3.88. The van der Waals surface area contributed by atoms with Crippen LogP contribution in [0.4, 0.5) is 0 Å². The maximum absolute atomic E-state index is 6.08. The van der Waals surface area contributed by atoms with E-state index in [1.165, 1.54) is 10.9 Å². The van der Waals surface area contributed by atoms with Crippen molar-refractivity contribution in [2.45, 2.75) is 65.3 Å². The predicted octanol–water partition coefficient (Wildman–Crippen LogP) is 5.57. The molecule has 0 amide bonds. The van der Waals surface area contributed by atoms with Crippen molar-refractivity contribution < 1.29 is 4.42 Å². The summed E-state index contributed by atoms with van der Waals surface area (Å²) in [6, 6.07) is 9.12. The van der Waals surface area contributed by atoms with Crippen molar-refractivity contribution in [3.05, 3.63) is 35.6 Å². The molecule has 2 rings (SSSR count). The van der Waals surface area contributed by atoms with Crippen LogP contribution in [0.1, 0.15) is 71.2 Å². The van der Waals surface area contributed by atoms with E-state index in [0.29, 0.717) is 6.04 Å². The molecule has 0 saturated heterocycles. The minimum atomic E-state index is 0.175. The lowest BCUT2D eigenvalue weighted by Gasteiger charge is -2.18. The molecule has 0 aliphatic carbocycles. The maximum Gasteiger partial charge on any atom is 0.134 e. The molecule has 21 heavy (non-hydrogen) atoms. The molecule has 0 aliphatic rings. The first-order chi connectivity index (χ1) is 9.95. The van der Waals surface area contributed by atoms with E-state index in [9.17, 15) is 0 Å². The second kappa shape index (κ2) is 6.65. The highest BCUT2D eigenvalue weighted by Gasteiger charge is 2.18. The summed E-state index contributed by atoms with van der Waals surface area (Å²) >= 11 is 0. The van der Waals surface area contributed by atoms with Gasteiger partial charge in [-0.25, -0.2) is 0 Å². The van der Waals surface area contributed by atoms with Crippen molar-refractivity contribution >= 4 is 11.0 Å². The fraction of sp³-hybridized carbons (Fsp3) is 0.579. The summed E-state index contributed by atoms with van der Waals surface area (Å²) in [5.74, 6) is 1.08. The fourth-order valence-corrected chi connectivity index (χ4v) is 2.65. The second-order valence-corrected chi connectivity index (χ2v) is 6.95. The molecule has 0 aliphatic heterocycles. The Hall–Kier alpha value is -1.28. The minimum Gasteiger partial charge on any atom is -0.459 e. The molecule has 0 saturated carbocycles. The maximum atomic E-state index is 6.08. The molecule has 0 fully saturated rings. The van der Waals surface area contributed by atoms with E-state index in [1.807, 2.05) is 0 Å². The summed E-state index contributed by atoms with van der Waals surface area (Å²) in [4.78, 5) is 0. The van der Waals surface area contributed by atoms with Gasteiger partial charge in [0.15, 0.2) is 0 Å². The number of hydrogen-bond donors (Lipinski definition) is 1. The van der Waals surface area contributed by atoms with Gasteiger partial charge in [0.25, 0.3) is 0 Å². The average molecular weight is 287 g/mol. The quantitative estimate of drug-likeness (QED) is 0.751. The molecule has 2 heteroatoms. The van der Waals surface area contributed by atoms with E-state index in [-0.39, 0.29) is 5.41 Å². The highest BCUT2D eigenvalue weighted by molar-refractivity contribution is 5.79. The van der Waals surface area contributed by atoms with Gasteiger partial charge in [0.05, 0.1) is 6.04 Å². The number of benzene rings is 1. The van der Waals surface area contributed by atoms with Crippen LogP contribution in [-0.2, 0) is 5.41 Å². The van der Waals surface area contributed by atoms with Crippen molar-refractivity contribution in [3.63, 3.8) is 0 Å².